The van der Waals surface area contributed by atoms with E-state index in [1.807, 2.05) is 0 Å². The molecule has 0 spiro atoms. The molecule has 0 heterocycles. The molecule has 1 atom stereocenters. The minimum absolute atomic E-state index is 0.171. The first-order valence-corrected chi connectivity index (χ1v) is 2.99. The second-order valence-electron chi connectivity index (χ2n) is 2.24. The number of amides is 1. The Balaban J connectivity index is 5.34. The summed E-state index contributed by atoms with van der Waals surface area (Å²) in [5.74, 6) is -13.5. The minimum atomic E-state index is -6.27. The number of ether oxygens (including phenoxy) is 1. The second kappa shape index (κ2) is 3.30. The van der Waals surface area contributed by atoms with Crippen LogP contribution in [0.25, 0.3) is 0 Å². The maximum Gasteiger partial charge on any atom is 0.460 e. The molecule has 0 rings (SSSR count). The molecule has 0 aliphatic heterocycles. The maximum absolute atomic E-state index is 12.8. The summed E-state index contributed by atoms with van der Waals surface area (Å²) in [6, 6.07) is 0. The van der Waals surface area contributed by atoms with Gasteiger partial charge in [-0.2, -0.15) is 26.3 Å². The van der Waals surface area contributed by atoms with E-state index in [0.29, 0.717) is 0 Å². The first-order valence-electron chi connectivity index (χ1n) is 2.99. The zero-order valence-corrected chi connectivity index (χ0v) is 6.66. The molecule has 1 unspecified atom stereocenters. The van der Waals surface area contributed by atoms with Gasteiger partial charge in [0.25, 0.3) is 5.91 Å². The van der Waals surface area contributed by atoms with Crippen molar-refractivity contribution in [2.45, 2.75) is 18.0 Å². The quantitative estimate of drug-likeness (QED) is 0.728. The third-order valence-corrected chi connectivity index (χ3v) is 1.36. The number of primary amides is 1. The normalized spacial score (nSPS) is 17.6. The number of methoxy groups -OCH3 is 1. The number of rotatable bonds is 3. The van der Waals surface area contributed by atoms with Gasteiger partial charge in [0.1, 0.15) is 0 Å². The Morgan fingerprint density at radius 3 is 1.57 bits per heavy atom. The van der Waals surface area contributed by atoms with Crippen LogP contribution in [0.3, 0.4) is 0 Å². The van der Waals surface area contributed by atoms with Crippen LogP contribution in [0.1, 0.15) is 0 Å². The third kappa shape index (κ3) is 1.63. The average molecular weight is 225 g/mol. The third-order valence-electron chi connectivity index (χ3n) is 1.36. The Bertz CT molecular complexity index is 239. The molecule has 0 bridgehead atoms. The van der Waals surface area contributed by atoms with Crippen LogP contribution in [-0.4, -0.2) is 31.0 Å². The lowest BCUT2D eigenvalue weighted by Crippen LogP contribution is -2.62. The van der Waals surface area contributed by atoms with Gasteiger partial charge < -0.3 is 10.5 Å². The maximum atomic E-state index is 12.8. The summed E-state index contributed by atoms with van der Waals surface area (Å²) in [6.45, 7) is 0. The van der Waals surface area contributed by atoms with Crippen LogP contribution in [0, 0.1) is 0 Å². The SMILES string of the molecule is COC(F)(C(N)=O)C(F)(F)C(F)(F)F. The highest BCUT2D eigenvalue weighted by molar-refractivity contribution is 5.83. The average Bonchev–Trinajstić information content (AvgIpc) is 2.00. The first-order chi connectivity index (χ1) is 6.00. The molecule has 0 aromatic carbocycles. The zero-order chi connectivity index (χ0) is 11.8. The van der Waals surface area contributed by atoms with Crippen molar-refractivity contribution in [1.82, 2.24) is 0 Å². The Hall–Kier alpha value is -0.990. The molecule has 0 aromatic heterocycles. The smallest absolute Gasteiger partial charge is 0.364 e. The predicted octanol–water partition coefficient (Wildman–Crippen LogP) is 0.982. The van der Waals surface area contributed by atoms with Crippen LogP contribution in [0.5, 0.6) is 0 Å². The van der Waals surface area contributed by atoms with Gasteiger partial charge in [-0.15, -0.1) is 0 Å². The van der Waals surface area contributed by atoms with E-state index in [1.54, 1.807) is 0 Å². The van der Waals surface area contributed by atoms with Crippen molar-refractivity contribution in [2.24, 2.45) is 5.73 Å². The van der Waals surface area contributed by atoms with Crippen LogP contribution >= 0.6 is 0 Å². The number of halogens is 6. The molecule has 0 radical (unpaired) electrons. The van der Waals surface area contributed by atoms with Crippen molar-refractivity contribution in [3.05, 3.63) is 0 Å². The molecule has 0 fully saturated rings. The van der Waals surface area contributed by atoms with Gasteiger partial charge in [-0.25, -0.2) is 0 Å². The van der Waals surface area contributed by atoms with E-state index in [2.05, 4.69) is 10.5 Å². The fraction of sp³-hybridized carbons (Fsp3) is 0.800. The highest BCUT2D eigenvalue weighted by Crippen LogP contribution is 2.45. The van der Waals surface area contributed by atoms with E-state index >= 15 is 0 Å². The topological polar surface area (TPSA) is 52.3 Å². The summed E-state index contributed by atoms with van der Waals surface area (Å²) in [5.41, 5.74) is 4.05. The number of carbonyl (C=O) groups is 1. The van der Waals surface area contributed by atoms with Gasteiger partial charge in [-0.3, -0.25) is 4.79 Å². The van der Waals surface area contributed by atoms with Gasteiger partial charge in [0.05, 0.1) is 0 Å². The Morgan fingerprint density at radius 2 is 1.50 bits per heavy atom. The lowest BCUT2D eigenvalue weighted by molar-refractivity contribution is -0.364. The largest absolute Gasteiger partial charge is 0.460 e. The van der Waals surface area contributed by atoms with Gasteiger partial charge in [0.15, 0.2) is 0 Å². The van der Waals surface area contributed by atoms with E-state index in [-0.39, 0.29) is 7.11 Å². The van der Waals surface area contributed by atoms with Gasteiger partial charge in [-0.05, 0) is 0 Å². The molecule has 0 aliphatic rings. The van der Waals surface area contributed by atoms with Gasteiger partial charge >= 0.3 is 18.0 Å². The van der Waals surface area contributed by atoms with Crippen LogP contribution in [0.15, 0.2) is 0 Å². The van der Waals surface area contributed by atoms with Crippen LogP contribution in [0.2, 0.25) is 0 Å². The number of nitrogens with two attached hydrogens (primary N) is 1. The van der Waals surface area contributed by atoms with Crippen molar-refractivity contribution in [2.75, 3.05) is 7.11 Å². The minimum Gasteiger partial charge on any atom is -0.364 e. The van der Waals surface area contributed by atoms with E-state index < -0.39 is 23.9 Å². The van der Waals surface area contributed by atoms with Gasteiger partial charge in [0.2, 0.25) is 0 Å². The Kier molecular flexibility index (Phi) is 3.06. The number of hydrogen-bond acceptors (Lipinski definition) is 2. The molecule has 84 valence electrons. The first kappa shape index (κ1) is 13.0. The molecule has 0 saturated carbocycles. The summed E-state index contributed by atoms with van der Waals surface area (Å²) >= 11 is 0. The Morgan fingerprint density at radius 1 is 1.14 bits per heavy atom. The molecule has 1 amide bonds. The molecule has 3 nitrogen and oxygen atoms in total. The van der Waals surface area contributed by atoms with E-state index in [1.165, 1.54) is 0 Å². The highest BCUT2D eigenvalue weighted by Gasteiger charge is 2.75. The molecular weight excluding hydrogens is 220 g/mol. The summed E-state index contributed by atoms with van der Waals surface area (Å²) in [7, 11) is 0.171. The zero-order valence-electron chi connectivity index (χ0n) is 6.66. The van der Waals surface area contributed by atoms with Crippen molar-refractivity contribution in [3.63, 3.8) is 0 Å². The van der Waals surface area contributed by atoms with E-state index in [9.17, 15) is 31.1 Å². The van der Waals surface area contributed by atoms with Crippen molar-refractivity contribution in [3.8, 4) is 0 Å². The van der Waals surface area contributed by atoms with Crippen LogP contribution in [0.4, 0.5) is 26.3 Å². The molecule has 0 aliphatic carbocycles. The highest BCUT2D eigenvalue weighted by atomic mass is 19.4. The molecule has 14 heavy (non-hydrogen) atoms. The molecule has 2 N–H and O–H groups in total. The van der Waals surface area contributed by atoms with Gasteiger partial charge in [0, 0.05) is 7.11 Å². The number of alkyl halides is 6. The molecule has 9 heteroatoms. The summed E-state index contributed by atoms with van der Waals surface area (Å²) in [5, 5.41) is 0. The van der Waals surface area contributed by atoms with Crippen molar-refractivity contribution in [1.29, 1.82) is 0 Å². The van der Waals surface area contributed by atoms with Gasteiger partial charge in [-0.1, -0.05) is 0 Å². The summed E-state index contributed by atoms with van der Waals surface area (Å²) < 4.78 is 75.3. The Labute approximate surface area is 73.8 Å². The standard InChI is InChI=1S/C5H5F6NO2/c1-14-3(6,2(12)13)4(7,8)5(9,10)11/h1H3,(H2,12,13). The molecule has 0 saturated heterocycles. The second-order valence-corrected chi connectivity index (χ2v) is 2.24. The fourth-order valence-corrected chi connectivity index (χ4v) is 0.566. The van der Waals surface area contributed by atoms with Crippen LogP contribution < -0.4 is 5.73 Å². The monoisotopic (exact) mass is 225 g/mol. The van der Waals surface area contributed by atoms with Crippen molar-refractivity contribution >= 4 is 5.91 Å². The fourth-order valence-electron chi connectivity index (χ4n) is 0.566. The van der Waals surface area contributed by atoms with Crippen LogP contribution in [-0.2, 0) is 9.53 Å². The van der Waals surface area contributed by atoms with Crippen molar-refractivity contribution < 1.29 is 35.9 Å². The molecular formula is C5H5F6NO2. The molecule has 0 aromatic rings. The lowest BCUT2D eigenvalue weighted by atomic mass is 10.1. The lowest BCUT2D eigenvalue weighted by Gasteiger charge is -2.30. The van der Waals surface area contributed by atoms with E-state index in [0.717, 1.165) is 0 Å². The summed E-state index contributed by atoms with van der Waals surface area (Å²) in [6.07, 6.45) is -6.27. The summed E-state index contributed by atoms with van der Waals surface area (Å²) in [4.78, 5) is 10.1. The number of carbonyl (C=O) groups excluding carboxylic acids is 1. The predicted molar refractivity (Wildman–Crippen MR) is 31.0 cm³/mol. The number of hydrogen-bond donors (Lipinski definition) is 1. The van der Waals surface area contributed by atoms with E-state index in [4.69, 9.17) is 0 Å².